The van der Waals surface area contributed by atoms with Crippen LogP contribution in [-0.4, -0.2) is 10.2 Å². The van der Waals surface area contributed by atoms with Gasteiger partial charge in [-0.25, -0.2) is 8.78 Å². The molecule has 5 heteroatoms. The highest BCUT2D eigenvalue weighted by atomic mass is 79.9. The minimum absolute atomic E-state index is 0.240. The molecule has 0 aliphatic rings. The topological polar surface area (TPSA) is 28.7 Å². The Morgan fingerprint density at radius 2 is 1.62 bits per heavy atom. The number of rotatable bonds is 3. The Morgan fingerprint density at radius 1 is 0.952 bits per heavy atom. The normalized spacial score (nSPS) is 11.0. The molecule has 0 radical (unpaired) electrons. The molecule has 106 valence electrons. The van der Waals surface area contributed by atoms with E-state index in [0.29, 0.717) is 5.69 Å². The van der Waals surface area contributed by atoms with Gasteiger partial charge in [0.1, 0.15) is 5.69 Å². The number of nitrogens with one attached hydrogen (secondary N) is 1. The van der Waals surface area contributed by atoms with Gasteiger partial charge >= 0.3 is 0 Å². The van der Waals surface area contributed by atoms with Gasteiger partial charge < -0.3 is 0 Å². The van der Waals surface area contributed by atoms with Crippen molar-refractivity contribution in [2.24, 2.45) is 0 Å². The Morgan fingerprint density at radius 3 is 2.24 bits per heavy atom. The van der Waals surface area contributed by atoms with Gasteiger partial charge in [-0.2, -0.15) is 5.10 Å². The van der Waals surface area contributed by atoms with E-state index in [-0.39, 0.29) is 5.69 Å². The molecule has 0 amide bonds. The quantitative estimate of drug-likeness (QED) is 0.670. The summed E-state index contributed by atoms with van der Waals surface area (Å²) in [6.07, 6.45) is -2.57. The minimum atomic E-state index is -2.57. The van der Waals surface area contributed by atoms with E-state index in [1.807, 2.05) is 48.5 Å². The SMILES string of the molecule is FC(F)c1cc(-c2ccccc2-c2ccc(Br)cc2)[nH]n1. The monoisotopic (exact) mass is 348 g/mol. The van der Waals surface area contributed by atoms with Crippen molar-refractivity contribution in [1.29, 1.82) is 0 Å². The second-order valence-electron chi connectivity index (χ2n) is 4.56. The zero-order valence-corrected chi connectivity index (χ0v) is 12.4. The number of halogens is 3. The van der Waals surface area contributed by atoms with E-state index in [0.717, 1.165) is 21.2 Å². The molecule has 3 rings (SSSR count). The molecule has 0 bridgehead atoms. The standard InChI is InChI=1S/C16H11BrF2N2/c17-11-7-5-10(6-8-11)12-3-1-2-4-13(12)14-9-15(16(18)19)21-20-14/h1-9,16H,(H,20,21). The predicted octanol–water partition coefficient (Wildman–Crippen LogP) is 5.44. The molecule has 2 nitrogen and oxygen atoms in total. The number of aromatic nitrogens is 2. The highest BCUT2D eigenvalue weighted by Crippen LogP contribution is 2.32. The molecular formula is C16H11BrF2N2. The molecule has 0 saturated heterocycles. The molecule has 3 aromatic rings. The van der Waals surface area contributed by atoms with Crippen LogP contribution >= 0.6 is 15.9 Å². The molecule has 21 heavy (non-hydrogen) atoms. The smallest absolute Gasteiger partial charge is 0.277 e. The summed E-state index contributed by atoms with van der Waals surface area (Å²) in [5.74, 6) is 0. The minimum Gasteiger partial charge on any atom is -0.277 e. The van der Waals surface area contributed by atoms with Crippen LogP contribution < -0.4 is 0 Å². The van der Waals surface area contributed by atoms with E-state index in [1.165, 1.54) is 6.07 Å². The molecule has 1 heterocycles. The van der Waals surface area contributed by atoms with E-state index in [2.05, 4.69) is 26.1 Å². The van der Waals surface area contributed by atoms with E-state index >= 15 is 0 Å². The Kier molecular flexibility index (Phi) is 3.84. The van der Waals surface area contributed by atoms with Crippen LogP contribution in [0.1, 0.15) is 12.1 Å². The molecule has 2 aromatic carbocycles. The number of hydrogen-bond donors (Lipinski definition) is 1. The van der Waals surface area contributed by atoms with Crippen LogP contribution in [0.4, 0.5) is 8.78 Å². The third-order valence-corrected chi connectivity index (χ3v) is 3.72. The zero-order valence-electron chi connectivity index (χ0n) is 10.9. The first-order valence-electron chi connectivity index (χ1n) is 6.34. The fraction of sp³-hybridized carbons (Fsp3) is 0.0625. The third-order valence-electron chi connectivity index (χ3n) is 3.19. The molecule has 0 aliphatic carbocycles. The van der Waals surface area contributed by atoms with E-state index < -0.39 is 6.43 Å². The summed E-state index contributed by atoms with van der Waals surface area (Å²) >= 11 is 3.40. The second-order valence-corrected chi connectivity index (χ2v) is 5.48. The highest BCUT2D eigenvalue weighted by Gasteiger charge is 2.14. The van der Waals surface area contributed by atoms with Gasteiger partial charge in [-0.1, -0.05) is 52.3 Å². The van der Waals surface area contributed by atoms with Gasteiger partial charge in [-0.15, -0.1) is 0 Å². The van der Waals surface area contributed by atoms with Gasteiger partial charge in [-0.3, -0.25) is 5.10 Å². The average Bonchev–Trinajstić information content (AvgIpc) is 2.98. The lowest BCUT2D eigenvalue weighted by molar-refractivity contribution is 0.146. The van der Waals surface area contributed by atoms with Gasteiger partial charge in [0.2, 0.25) is 0 Å². The van der Waals surface area contributed by atoms with Crippen LogP contribution in [0.5, 0.6) is 0 Å². The summed E-state index contributed by atoms with van der Waals surface area (Å²) in [6.45, 7) is 0. The maximum absolute atomic E-state index is 12.7. The van der Waals surface area contributed by atoms with Gasteiger partial charge in [0.25, 0.3) is 6.43 Å². The summed E-state index contributed by atoms with van der Waals surface area (Å²) in [5.41, 5.74) is 3.18. The second kappa shape index (κ2) is 5.77. The van der Waals surface area contributed by atoms with Crippen LogP contribution in [0.3, 0.4) is 0 Å². The van der Waals surface area contributed by atoms with Crippen molar-refractivity contribution in [3.05, 3.63) is 64.8 Å². The number of H-pyrrole nitrogens is 1. The Hall–Kier alpha value is -2.01. The number of nitrogens with zero attached hydrogens (tertiary/aromatic N) is 1. The van der Waals surface area contributed by atoms with E-state index in [1.54, 1.807) is 0 Å². The van der Waals surface area contributed by atoms with Crippen molar-refractivity contribution in [3.8, 4) is 22.4 Å². The zero-order chi connectivity index (χ0) is 14.8. The third kappa shape index (κ3) is 2.88. The Bertz CT molecular complexity index is 751. The van der Waals surface area contributed by atoms with Gasteiger partial charge in [-0.05, 0) is 29.3 Å². The summed E-state index contributed by atoms with van der Waals surface area (Å²) in [5, 5.41) is 6.34. The number of benzene rings is 2. The lowest BCUT2D eigenvalue weighted by Gasteiger charge is -2.08. The average molecular weight is 349 g/mol. The number of hydrogen-bond acceptors (Lipinski definition) is 1. The fourth-order valence-electron chi connectivity index (χ4n) is 2.19. The van der Waals surface area contributed by atoms with Crippen LogP contribution in [0.25, 0.3) is 22.4 Å². The molecule has 0 atom stereocenters. The van der Waals surface area contributed by atoms with Crippen LogP contribution in [-0.2, 0) is 0 Å². The van der Waals surface area contributed by atoms with Crippen molar-refractivity contribution in [2.45, 2.75) is 6.43 Å². The molecule has 0 saturated carbocycles. The molecule has 1 N–H and O–H groups in total. The van der Waals surface area contributed by atoms with Crippen molar-refractivity contribution in [3.63, 3.8) is 0 Å². The number of alkyl halides is 2. The van der Waals surface area contributed by atoms with E-state index in [9.17, 15) is 8.78 Å². The highest BCUT2D eigenvalue weighted by molar-refractivity contribution is 9.10. The van der Waals surface area contributed by atoms with Crippen LogP contribution in [0, 0.1) is 0 Å². The summed E-state index contributed by atoms with van der Waals surface area (Å²) in [7, 11) is 0. The van der Waals surface area contributed by atoms with Gasteiger partial charge in [0, 0.05) is 10.0 Å². The Balaban J connectivity index is 2.08. The summed E-state index contributed by atoms with van der Waals surface area (Å²) in [4.78, 5) is 0. The summed E-state index contributed by atoms with van der Waals surface area (Å²) in [6, 6.07) is 16.9. The first-order valence-corrected chi connectivity index (χ1v) is 7.13. The molecular weight excluding hydrogens is 338 g/mol. The van der Waals surface area contributed by atoms with Crippen LogP contribution in [0.2, 0.25) is 0 Å². The molecule has 1 aromatic heterocycles. The maximum atomic E-state index is 12.7. The maximum Gasteiger partial charge on any atom is 0.282 e. The summed E-state index contributed by atoms with van der Waals surface area (Å²) < 4.78 is 26.3. The van der Waals surface area contributed by atoms with Gasteiger partial charge in [0.05, 0.1) is 5.69 Å². The number of aromatic amines is 1. The predicted molar refractivity (Wildman–Crippen MR) is 82.1 cm³/mol. The lowest BCUT2D eigenvalue weighted by atomic mass is 9.98. The lowest BCUT2D eigenvalue weighted by Crippen LogP contribution is -1.85. The largest absolute Gasteiger partial charge is 0.282 e. The first kappa shape index (κ1) is 13.9. The molecule has 0 fully saturated rings. The van der Waals surface area contributed by atoms with Crippen molar-refractivity contribution in [1.82, 2.24) is 10.2 Å². The van der Waals surface area contributed by atoms with Gasteiger partial charge in [0.15, 0.2) is 0 Å². The first-order chi connectivity index (χ1) is 10.1. The molecule has 0 spiro atoms. The van der Waals surface area contributed by atoms with Crippen molar-refractivity contribution >= 4 is 15.9 Å². The Labute approximate surface area is 129 Å². The van der Waals surface area contributed by atoms with Crippen molar-refractivity contribution < 1.29 is 8.78 Å². The molecule has 0 unspecified atom stereocenters. The fourth-order valence-corrected chi connectivity index (χ4v) is 2.45. The van der Waals surface area contributed by atoms with E-state index in [4.69, 9.17) is 0 Å². The molecule has 0 aliphatic heterocycles. The van der Waals surface area contributed by atoms with Crippen LogP contribution in [0.15, 0.2) is 59.1 Å². The van der Waals surface area contributed by atoms with Crippen molar-refractivity contribution in [2.75, 3.05) is 0 Å².